The van der Waals surface area contributed by atoms with E-state index in [4.69, 9.17) is 4.74 Å². The number of nitrogens with one attached hydrogen (secondary N) is 1. The highest BCUT2D eigenvalue weighted by Crippen LogP contribution is 2.30. The summed E-state index contributed by atoms with van der Waals surface area (Å²) >= 11 is 2.15. The van der Waals surface area contributed by atoms with Crippen molar-refractivity contribution in [3.05, 3.63) is 75.1 Å². The maximum absolute atomic E-state index is 13.9. The van der Waals surface area contributed by atoms with Crippen LogP contribution >= 0.6 is 22.6 Å². The van der Waals surface area contributed by atoms with E-state index in [0.29, 0.717) is 24.2 Å². The first-order valence-corrected chi connectivity index (χ1v) is 15.1. The Balaban J connectivity index is 1.88. The van der Waals surface area contributed by atoms with Crippen LogP contribution in [0, 0.1) is 9.39 Å². The molecule has 0 fully saturated rings. The zero-order chi connectivity index (χ0) is 28.9. The predicted octanol–water partition coefficient (Wildman–Crippen LogP) is 4.78. The van der Waals surface area contributed by atoms with E-state index in [0.717, 1.165) is 41.2 Å². The van der Waals surface area contributed by atoms with E-state index in [1.807, 2.05) is 24.3 Å². The second-order valence-corrected chi connectivity index (χ2v) is 11.2. The lowest BCUT2D eigenvalue weighted by Gasteiger charge is -2.40. The smallest absolute Gasteiger partial charge is 0.247 e. The first kappa shape index (κ1) is 32.0. The van der Waals surface area contributed by atoms with E-state index in [-0.39, 0.29) is 43.7 Å². The van der Waals surface area contributed by atoms with E-state index in [1.54, 1.807) is 23.1 Å². The molecule has 7 nitrogen and oxygen atoms in total. The van der Waals surface area contributed by atoms with Gasteiger partial charge in [-0.2, -0.15) is 0 Å². The molecular weight excluding hydrogens is 626 g/mol. The molecule has 3 N–H and O–H groups in total. The van der Waals surface area contributed by atoms with Crippen LogP contribution in [0.2, 0.25) is 0 Å². The average molecular weight is 667 g/mol. The molecule has 0 radical (unpaired) electrons. The third kappa shape index (κ3) is 9.55. The highest BCUT2D eigenvalue weighted by molar-refractivity contribution is 14.1. The van der Waals surface area contributed by atoms with Crippen molar-refractivity contribution in [2.24, 2.45) is 0 Å². The number of aliphatic hydroxyl groups excluding tert-OH is 2. The Hall–Kier alpha value is -2.50. The van der Waals surface area contributed by atoms with Gasteiger partial charge in [0.15, 0.2) is 0 Å². The summed E-state index contributed by atoms with van der Waals surface area (Å²) in [4.78, 5) is 28.3. The normalized spacial score (nSPS) is 18.6. The Morgan fingerprint density at radius 2 is 1.90 bits per heavy atom. The number of amides is 2. The summed E-state index contributed by atoms with van der Waals surface area (Å²) in [6.07, 6.45) is 5.46. The Bertz CT molecular complexity index is 1140. The Labute approximate surface area is 249 Å². The van der Waals surface area contributed by atoms with Crippen LogP contribution in [0.3, 0.4) is 0 Å². The minimum absolute atomic E-state index is 0.0888. The first-order chi connectivity index (χ1) is 19.3. The van der Waals surface area contributed by atoms with Gasteiger partial charge in [-0.15, -0.1) is 0 Å². The molecule has 0 aliphatic heterocycles. The molecule has 1 aliphatic rings. The molecule has 0 heterocycles. The van der Waals surface area contributed by atoms with Crippen LogP contribution in [-0.4, -0.2) is 64.9 Å². The Morgan fingerprint density at radius 1 is 1.12 bits per heavy atom. The number of rotatable bonds is 15. The number of para-hydroxylation sites is 1. The summed E-state index contributed by atoms with van der Waals surface area (Å²) in [6, 6.07) is 12.9. The summed E-state index contributed by atoms with van der Waals surface area (Å²) in [6.45, 7) is 2.29. The van der Waals surface area contributed by atoms with Crippen LogP contribution < -0.4 is 10.1 Å². The maximum atomic E-state index is 13.9. The number of benzene rings is 2. The van der Waals surface area contributed by atoms with Gasteiger partial charge in [0, 0.05) is 31.5 Å². The van der Waals surface area contributed by atoms with Crippen molar-refractivity contribution in [1.29, 1.82) is 0 Å². The summed E-state index contributed by atoms with van der Waals surface area (Å²) < 4.78 is 20.9. The fraction of sp³-hybridized carbons (Fsp3) is 0.484. The standard InChI is InChI=1S/C31H40FIN2O5/c1-2-3-4-5-6-14-29(37)35(17-15-22-10-9-11-24(32)19-22)26-20-23(31(39)34-16-18-36)21-28(30(26)38)40-27-13-8-7-12-25(27)33/h7-13,19,21,26,28,30,36,38H,2-6,14-18,20H2,1H3,(H,34,39). The number of nitrogens with zero attached hydrogens (tertiary/aromatic N) is 1. The molecule has 2 aromatic carbocycles. The largest absolute Gasteiger partial charge is 0.482 e. The van der Waals surface area contributed by atoms with Gasteiger partial charge in [-0.05, 0) is 71.3 Å². The number of carbonyl (C=O) groups excluding carboxylic acids is 2. The Morgan fingerprint density at radius 3 is 2.62 bits per heavy atom. The van der Waals surface area contributed by atoms with Gasteiger partial charge in [0.1, 0.15) is 23.8 Å². The van der Waals surface area contributed by atoms with Crippen molar-refractivity contribution < 1.29 is 28.9 Å². The quantitative estimate of drug-likeness (QED) is 0.188. The number of carbonyl (C=O) groups is 2. The third-order valence-corrected chi connectivity index (χ3v) is 7.95. The molecule has 0 aromatic heterocycles. The highest BCUT2D eigenvalue weighted by Gasteiger charge is 2.40. The van der Waals surface area contributed by atoms with E-state index >= 15 is 0 Å². The molecule has 3 unspecified atom stereocenters. The van der Waals surface area contributed by atoms with E-state index < -0.39 is 18.2 Å². The SMILES string of the molecule is CCCCCCCC(=O)N(CCc1cccc(F)c1)C1CC(C(=O)NCCO)=CC(Oc2ccccc2I)C1O. The van der Waals surface area contributed by atoms with Crippen LogP contribution in [0.5, 0.6) is 5.75 Å². The molecule has 1 aliphatic carbocycles. The highest BCUT2D eigenvalue weighted by atomic mass is 127. The van der Waals surface area contributed by atoms with Crippen molar-refractivity contribution in [2.45, 2.75) is 76.5 Å². The van der Waals surface area contributed by atoms with Crippen molar-refractivity contribution in [3.63, 3.8) is 0 Å². The average Bonchev–Trinajstić information content (AvgIpc) is 2.94. The van der Waals surface area contributed by atoms with Crippen molar-refractivity contribution in [3.8, 4) is 5.75 Å². The monoisotopic (exact) mass is 666 g/mol. The van der Waals surface area contributed by atoms with Gasteiger partial charge in [-0.3, -0.25) is 9.59 Å². The van der Waals surface area contributed by atoms with Gasteiger partial charge in [0.25, 0.3) is 0 Å². The molecule has 0 spiro atoms. The molecule has 0 bridgehead atoms. The van der Waals surface area contributed by atoms with E-state index in [9.17, 15) is 24.2 Å². The lowest BCUT2D eigenvalue weighted by Crippen LogP contribution is -2.55. The Kier molecular flexibility index (Phi) is 13.4. The number of aliphatic hydroxyl groups is 2. The number of halogens is 2. The van der Waals surface area contributed by atoms with E-state index in [1.165, 1.54) is 12.1 Å². The van der Waals surface area contributed by atoms with Gasteiger partial charge in [-0.1, -0.05) is 56.9 Å². The van der Waals surface area contributed by atoms with E-state index in [2.05, 4.69) is 34.8 Å². The minimum atomic E-state index is -1.10. The molecule has 3 rings (SSSR count). The van der Waals surface area contributed by atoms with Crippen LogP contribution in [0.4, 0.5) is 4.39 Å². The summed E-state index contributed by atoms with van der Waals surface area (Å²) in [7, 11) is 0. The number of hydrogen-bond acceptors (Lipinski definition) is 5. The molecule has 9 heteroatoms. The maximum Gasteiger partial charge on any atom is 0.247 e. The molecule has 2 amide bonds. The number of unbranched alkanes of at least 4 members (excludes halogenated alkanes) is 4. The molecule has 2 aromatic rings. The molecule has 218 valence electrons. The molecular formula is C31H40FIN2O5. The van der Waals surface area contributed by atoms with Gasteiger partial charge in [-0.25, -0.2) is 4.39 Å². The predicted molar refractivity (Wildman–Crippen MR) is 161 cm³/mol. The van der Waals surface area contributed by atoms with Crippen LogP contribution in [0.1, 0.15) is 57.4 Å². The van der Waals surface area contributed by atoms with Crippen LogP contribution in [0.25, 0.3) is 0 Å². The molecule has 40 heavy (non-hydrogen) atoms. The lowest BCUT2D eigenvalue weighted by atomic mass is 9.87. The van der Waals surface area contributed by atoms with Crippen LogP contribution in [-0.2, 0) is 16.0 Å². The fourth-order valence-electron chi connectivity index (χ4n) is 4.91. The van der Waals surface area contributed by atoms with Crippen molar-refractivity contribution in [2.75, 3.05) is 19.7 Å². The van der Waals surface area contributed by atoms with Crippen LogP contribution in [0.15, 0.2) is 60.2 Å². The van der Waals surface area contributed by atoms with Crippen molar-refractivity contribution in [1.82, 2.24) is 10.2 Å². The third-order valence-electron chi connectivity index (χ3n) is 7.06. The minimum Gasteiger partial charge on any atom is -0.482 e. The van der Waals surface area contributed by atoms with Gasteiger partial charge in [0.05, 0.1) is 16.2 Å². The number of ether oxygens (including phenoxy) is 1. The molecule has 0 saturated heterocycles. The molecule has 3 atom stereocenters. The summed E-state index contributed by atoms with van der Waals surface area (Å²) in [5.41, 5.74) is 1.13. The summed E-state index contributed by atoms with van der Waals surface area (Å²) in [5.74, 6) is -0.269. The zero-order valence-electron chi connectivity index (χ0n) is 23.0. The lowest BCUT2D eigenvalue weighted by molar-refractivity contribution is -0.138. The summed E-state index contributed by atoms with van der Waals surface area (Å²) in [5, 5.41) is 23.4. The van der Waals surface area contributed by atoms with Gasteiger partial charge in [0.2, 0.25) is 11.8 Å². The fourth-order valence-corrected chi connectivity index (χ4v) is 5.42. The number of hydrogen-bond donors (Lipinski definition) is 3. The topological polar surface area (TPSA) is 99.1 Å². The van der Waals surface area contributed by atoms with Gasteiger partial charge < -0.3 is 25.2 Å². The molecule has 0 saturated carbocycles. The first-order valence-electron chi connectivity index (χ1n) is 14.1. The second-order valence-electron chi connectivity index (χ2n) is 10.1. The second kappa shape index (κ2) is 16.7. The van der Waals surface area contributed by atoms with Crippen molar-refractivity contribution >= 4 is 34.4 Å². The zero-order valence-corrected chi connectivity index (χ0v) is 25.2. The van der Waals surface area contributed by atoms with Gasteiger partial charge >= 0.3 is 0 Å².